The molecule has 0 aliphatic heterocycles. The number of pyridine rings is 1. The van der Waals surface area contributed by atoms with E-state index in [1.807, 2.05) is 0 Å². The number of rotatable bonds is 16. The van der Waals surface area contributed by atoms with Gasteiger partial charge in [-0.3, -0.25) is 20.3 Å². The van der Waals surface area contributed by atoms with Gasteiger partial charge in [0.1, 0.15) is 29.0 Å². The SMILES string of the molecule is C=Cc1cc(C(=O)Nc2ccc(C(=N)NC(=O)OC(C)CNC(=O)OC(C)(C)C)cc2)c(-c2ccc(C(=O)NCC3CC3)nc2C(=O)OC(C)OC(=O)OC(C)C)cc1OC. The predicted molar refractivity (Wildman–Crippen MR) is 223 cm³/mol. The van der Waals surface area contributed by atoms with E-state index in [4.69, 9.17) is 33.8 Å². The molecule has 18 nitrogen and oxygen atoms in total. The summed E-state index contributed by atoms with van der Waals surface area (Å²) in [6.45, 7) is 15.5. The van der Waals surface area contributed by atoms with Crippen LogP contribution in [0.2, 0.25) is 0 Å². The average molecular weight is 845 g/mol. The molecule has 4 amide bonds. The summed E-state index contributed by atoms with van der Waals surface area (Å²) in [5.41, 5.74) is 0.140. The Bertz CT molecular complexity index is 2140. The number of carbonyl (C=O) groups excluding carboxylic acids is 6. The van der Waals surface area contributed by atoms with E-state index >= 15 is 0 Å². The third-order valence-electron chi connectivity index (χ3n) is 8.46. The number of esters is 1. The number of nitrogens with zero attached hydrogens (tertiary/aromatic N) is 1. The molecule has 0 spiro atoms. The summed E-state index contributed by atoms with van der Waals surface area (Å²) in [4.78, 5) is 81.9. The first-order chi connectivity index (χ1) is 28.8. The Morgan fingerprint density at radius 1 is 0.869 bits per heavy atom. The third kappa shape index (κ3) is 14.4. The summed E-state index contributed by atoms with van der Waals surface area (Å²) in [5, 5.41) is 18.8. The van der Waals surface area contributed by atoms with Gasteiger partial charge in [0, 0.05) is 47.0 Å². The fraction of sp³-hybridized carbons (Fsp3) is 0.395. The van der Waals surface area contributed by atoms with Crippen LogP contribution in [-0.4, -0.2) is 91.2 Å². The number of anilines is 1. The predicted octanol–water partition coefficient (Wildman–Crippen LogP) is 6.82. The topological polar surface area (TPSA) is 243 Å². The van der Waals surface area contributed by atoms with Crippen LogP contribution in [0.5, 0.6) is 5.75 Å². The van der Waals surface area contributed by atoms with Crippen molar-refractivity contribution in [1.82, 2.24) is 20.9 Å². The molecular formula is C43H52N6O12. The van der Waals surface area contributed by atoms with Crippen molar-refractivity contribution in [3.63, 3.8) is 0 Å². The van der Waals surface area contributed by atoms with Crippen molar-refractivity contribution in [1.29, 1.82) is 5.41 Å². The highest BCUT2D eigenvalue weighted by molar-refractivity contribution is 6.11. The van der Waals surface area contributed by atoms with E-state index in [9.17, 15) is 28.8 Å². The number of benzene rings is 2. The van der Waals surface area contributed by atoms with Gasteiger partial charge in [0.15, 0.2) is 5.69 Å². The van der Waals surface area contributed by atoms with E-state index in [1.54, 1.807) is 41.5 Å². The summed E-state index contributed by atoms with van der Waals surface area (Å²) in [6, 6.07) is 11.8. The minimum absolute atomic E-state index is 0.0241. The number of hydrogen-bond donors (Lipinski definition) is 5. The lowest BCUT2D eigenvalue weighted by Gasteiger charge is -2.21. The third-order valence-corrected chi connectivity index (χ3v) is 8.46. The van der Waals surface area contributed by atoms with E-state index in [-0.39, 0.29) is 46.0 Å². The minimum Gasteiger partial charge on any atom is -0.496 e. The lowest BCUT2D eigenvalue weighted by molar-refractivity contribution is -0.0869. The van der Waals surface area contributed by atoms with Gasteiger partial charge in [-0.1, -0.05) is 12.7 Å². The van der Waals surface area contributed by atoms with Crippen molar-refractivity contribution in [2.75, 3.05) is 25.5 Å². The maximum absolute atomic E-state index is 14.1. The van der Waals surface area contributed by atoms with E-state index in [2.05, 4.69) is 32.8 Å². The van der Waals surface area contributed by atoms with Crippen molar-refractivity contribution in [2.45, 2.75) is 85.4 Å². The van der Waals surface area contributed by atoms with Gasteiger partial charge in [-0.15, -0.1) is 0 Å². The number of hydrogen-bond acceptors (Lipinski definition) is 14. The molecule has 1 aromatic heterocycles. The van der Waals surface area contributed by atoms with Crippen LogP contribution in [0.4, 0.5) is 20.1 Å². The quantitative estimate of drug-likeness (QED) is 0.0327. The smallest absolute Gasteiger partial charge is 0.496 e. The molecule has 2 aromatic carbocycles. The Balaban J connectivity index is 1.57. The van der Waals surface area contributed by atoms with Crippen LogP contribution in [-0.2, 0) is 23.7 Å². The van der Waals surface area contributed by atoms with Crippen LogP contribution in [0.1, 0.15) is 104 Å². The first-order valence-corrected chi connectivity index (χ1v) is 19.4. The van der Waals surface area contributed by atoms with Gasteiger partial charge < -0.3 is 44.4 Å². The molecule has 1 aliphatic carbocycles. The fourth-order valence-corrected chi connectivity index (χ4v) is 5.43. The van der Waals surface area contributed by atoms with E-state index in [0.29, 0.717) is 29.5 Å². The molecule has 0 bridgehead atoms. The molecule has 1 saturated carbocycles. The zero-order valence-corrected chi connectivity index (χ0v) is 35.4. The molecule has 326 valence electrons. The highest BCUT2D eigenvalue weighted by Crippen LogP contribution is 2.35. The van der Waals surface area contributed by atoms with Gasteiger partial charge in [0.25, 0.3) is 11.8 Å². The number of methoxy groups -OCH3 is 1. The second-order valence-electron chi connectivity index (χ2n) is 15.2. The second kappa shape index (κ2) is 20.8. The first kappa shape index (κ1) is 46.7. The van der Waals surface area contributed by atoms with Crippen LogP contribution in [0.3, 0.4) is 0 Å². The molecule has 2 unspecified atom stereocenters. The van der Waals surface area contributed by atoms with E-state index in [0.717, 1.165) is 12.8 Å². The maximum atomic E-state index is 14.1. The highest BCUT2D eigenvalue weighted by Gasteiger charge is 2.28. The van der Waals surface area contributed by atoms with Crippen LogP contribution in [0, 0.1) is 11.3 Å². The van der Waals surface area contributed by atoms with Gasteiger partial charge in [-0.05, 0) is 109 Å². The Morgan fingerprint density at radius 2 is 1.56 bits per heavy atom. The number of amides is 4. The van der Waals surface area contributed by atoms with E-state index < -0.39 is 60.2 Å². The average Bonchev–Trinajstić information content (AvgIpc) is 4.02. The zero-order valence-electron chi connectivity index (χ0n) is 35.4. The first-order valence-electron chi connectivity index (χ1n) is 19.4. The largest absolute Gasteiger partial charge is 0.511 e. The fourth-order valence-electron chi connectivity index (χ4n) is 5.43. The Labute approximate surface area is 353 Å². The standard InChI is InChI=1S/C43H52N6O12/c1-10-27-19-32(37(50)47-29-15-13-28(14-16-29)36(44)49-41(54)58-24(4)21-46-40(53)61-43(6,7)8)31(20-34(27)56-9)30-17-18-33(38(51)45-22-26-11-12-26)48-35(30)39(52)59-25(5)60-42(55)57-23(2)3/h10,13-20,23-26H,1,11-12,21-22H2,2-9H3,(H,45,51)(H,46,53)(H,47,50)(H2,44,49,54). The normalized spacial score (nSPS) is 13.1. The summed E-state index contributed by atoms with van der Waals surface area (Å²) in [7, 11) is 1.42. The minimum atomic E-state index is -1.43. The summed E-state index contributed by atoms with van der Waals surface area (Å²) in [6.07, 6.45) is -1.86. The molecule has 5 N–H and O–H groups in total. The number of nitrogens with one attached hydrogen (secondary N) is 5. The molecule has 2 atom stereocenters. The van der Waals surface area contributed by atoms with Crippen molar-refractivity contribution in [3.8, 4) is 16.9 Å². The van der Waals surface area contributed by atoms with Gasteiger partial charge in [-0.25, -0.2) is 24.2 Å². The van der Waals surface area contributed by atoms with Crippen LogP contribution in [0.25, 0.3) is 17.2 Å². The van der Waals surface area contributed by atoms with Gasteiger partial charge in [-0.2, -0.15) is 0 Å². The monoisotopic (exact) mass is 844 g/mol. The molecule has 1 aliphatic rings. The lowest BCUT2D eigenvalue weighted by Crippen LogP contribution is -2.39. The summed E-state index contributed by atoms with van der Waals surface area (Å²) >= 11 is 0. The zero-order chi connectivity index (χ0) is 45.0. The summed E-state index contributed by atoms with van der Waals surface area (Å²) in [5.74, 6) is -1.87. The molecule has 0 saturated heterocycles. The van der Waals surface area contributed by atoms with Crippen LogP contribution >= 0.6 is 0 Å². The second-order valence-corrected chi connectivity index (χ2v) is 15.2. The van der Waals surface area contributed by atoms with Gasteiger partial charge >= 0.3 is 24.3 Å². The molecule has 0 radical (unpaired) electrons. The molecule has 1 heterocycles. The Hall–Kier alpha value is -6.98. The van der Waals surface area contributed by atoms with Crippen molar-refractivity contribution >= 4 is 53.7 Å². The summed E-state index contributed by atoms with van der Waals surface area (Å²) < 4.78 is 31.4. The van der Waals surface area contributed by atoms with E-state index in [1.165, 1.54) is 68.6 Å². The Morgan fingerprint density at radius 3 is 2.16 bits per heavy atom. The molecular weight excluding hydrogens is 793 g/mol. The lowest BCUT2D eigenvalue weighted by atomic mass is 9.94. The number of aromatic nitrogens is 1. The van der Waals surface area contributed by atoms with Crippen LogP contribution in [0.15, 0.2) is 55.1 Å². The molecule has 4 rings (SSSR count). The van der Waals surface area contributed by atoms with Crippen molar-refractivity contribution < 1.29 is 57.2 Å². The van der Waals surface area contributed by atoms with Crippen molar-refractivity contribution in [3.05, 3.63) is 83.2 Å². The highest BCUT2D eigenvalue weighted by atomic mass is 16.8. The molecule has 61 heavy (non-hydrogen) atoms. The van der Waals surface area contributed by atoms with Crippen molar-refractivity contribution in [2.24, 2.45) is 5.92 Å². The van der Waals surface area contributed by atoms with Gasteiger partial charge in [0.05, 0.1) is 19.8 Å². The van der Waals surface area contributed by atoms with Crippen LogP contribution < -0.4 is 26.0 Å². The molecule has 1 fully saturated rings. The number of carbonyl (C=O) groups is 6. The Kier molecular flexibility index (Phi) is 15.9. The number of ether oxygens (including phenoxy) is 6. The molecule has 18 heteroatoms. The maximum Gasteiger partial charge on any atom is 0.511 e. The molecule has 3 aromatic rings. The number of alkyl carbamates (subject to hydrolysis) is 2. The number of amidine groups is 1. The van der Waals surface area contributed by atoms with Gasteiger partial charge in [0.2, 0.25) is 6.29 Å².